The Bertz CT molecular complexity index is 444. The van der Waals surface area contributed by atoms with Crippen LogP contribution in [0.5, 0.6) is 0 Å². The molecule has 1 fully saturated rings. The number of nitro benzene ring substituents is 1. The molecular formula is C15H23N3O2. The first-order valence-electron chi connectivity index (χ1n) is 7.35. The summed E-state index contributed by atoms with van der Waals surface area (Å²) >= 11 is 0. The molecule has 0 saturated carbocycles. The second kappa shape index (κ2) is 7.36. The summed E-state index contributed by atoms with van der Waals surface area (Å²) in [5, 5.41) is 14.2. The highest BCUT2D eigenvalue weighted by molar-refractivity contribution is 5.34. The molecule has 0 radical (unpaired) electrons. The lowest BCUT2D eigenvalue weighted by atomic mass is 9.97. The SMILES string of the molecule is CCN(Cc1cccc([N+](=O)[O-])c1)CC1CCNCC1. The fourth-order valence-corrected chi connectivity index (χ4v) is 2.76. The Morgan fingerprint density at radius 3 is 2.80 bits per heavy atom. The maximum atomic E-state index is 10.8. The summed E-state index contributed by atoms with van der Waals surface area (Å²) in [5.41, 5.74) is 1.20. The zero-order valence-corrected chi connectivity index (χ0v) is 12.0. The number of nitro groups is 1. The van der Waals surface area contributed by atoms with E-state index in [0.29, 0.717) is 0 Å². The Hall–Kier alpha value is -1.46. The second-order valence-corrected chi connectivity index (χ2v) is 5.45. The van der Waals surface area contributed by atoms with E-state index in [1.165, 1.54) is 12.8 Å². The largest absolute Gasteiger partial charge is 0.317 e. The summed E-state index contributed by atoms with van der Waals surface area (Å²) in [7, 11) is 0. The van der Waals surface area contributed by atoms with E-state index < -0.39 is 0 Å². The average molecular weight is 277 g/mol. The van der Waals surface area contributed by atoms with Gasteiger partial charge in [-0.3, -0.25) is 15.0 Å². The van der Waals surface area contributed by atoms with E-state index in [4.69, 9.17) is 0 Å². The summed E-state index contributed by atoms with van der Waals surface area (Å²) in [5.74, 6) is 0.745. The van der Waals surface area contributed by atoms with E-state index in [9.17, 15) is 10.1 Å². The van der Waals surface area contributed by atoms with Crippen LogP contribution in [0, 0.1) is 16.0 Å². The Kier molecular flexibility index (Phi) is 5.49. The molecule has 0 aromatic heterocycles. The Balaban J connectivity index is 1.94. The predicted molar refractivity (Wildman–Crippen MR) is 79.6 cm³/mol. The van der Waals surface area contributed by atoms with Crippen molar-refractivity contribution in [1.82, 2.24) is 10.2 Å². The molecule has 0 bridgehead atoms. The van der Waals surface area contributed by atoms with Gasteiger partial charge < -0.3 is 5.32 Å². The predicted octanol–water partition coefficient (Wildman–Crippen LogP) is 2.42. The molecule has 0 amide bonds. The number of hydrogen-bond acceptors (Lipinski definition) is 4. The molecule has 5 nitrogen and oxygen atoms in total. The second-order valence-electron chi connectivity index (χ2n) is 5.45. The standard InChI is InChI=1S/C15H23N3O2/c1-2-17(11-13-6-8-16-9-7-13)12-14-4-3-5-15(10-14)18(19)20/h3-5,10,13,16H,2,6-9,11-12H2,1H3. The summed E-state index contributed by atoms with van der Waals surface area (Å²) in [4.78, 5) is 12.9. The van der Waals surface area contributed by atoms with E-state index in [-0.39, 0.29) is 10.6 Å². The lowest BCUT2D eigenvalue weighted by Crippen LogP contribution is -2.35. The van der Waals surface area contributed by atoms with E-state index in [1.807, 2.05) is 6.07 Å². The van der Waals surface area contributed by atoms with Crippen molar-refractivity contribution < 1.29 is 4.92 Å². The van der Waals surface area contributed by atoms with Crippen LogP contribution < -0.4 is 5.32 Å². The van der Waals surface area contributed by atoms with Gasteiger partial charge in [-0.2, -0.15) is 0 Å². The van der Waals surface area contributed by atoms with Gasteiger partial charge in [0.25, 0.3) is 5.69 Å². The molecule has 1 heterocycles. The van der Waals surface area contributed by atoms with Crippen molar-refractivity contribution in [3.8, 4) is 0 Å². The van der Waals surface area contributed by atoms with Gasteiger partial charge in [-0.25, -0.2) is 0 Å². The van der Waals surface area contributed by atoms with Crippen LogP contribution in [-0.4, -0.2) is 36.0 Å². The summed E-state index contributed by atoms with van der Waals surface area (Å²) in [6.45, 7) is 7.23. The lowest BCUT2D eigenvalue weighted by Gasteiger charge is -2.29. The van der Waals surface area contributed by atoms with Crippen molar-refractivity contribution in [1.29, 1.82) is 0 Å². The third-order valence-corrected chi connectivity index (χ3v) is 3.95. The summed E-state index contributed by atoms with van der Waals surface area (Å²) in [6.07, 6.45) is 2.46. The Morgan fingerprint density at radius 2 is 2.15 bits per heavy atom. The van der Waals surface area contributed by atoms with Crippen molar-refractivity contribution in [2.24, 2.45) is 5.92 Å². The normalized spacial score (nSPS) is 16.5. The highest BCUT2D eigenvalue weighted by Gasteiger charge is 2.17. The fourth-order valence-electron chi connectivity index (χ4n) is 2.76. The van der Waals surface area contributed by atoms with Crippen molar-refractivity contribution >= 4 is 5.69 Å². The van der Waals surface area contributed by atoms with Crippen molar-refractivity contribution in [3.05, 3.63) is 39.9 Å². The molecule has 1 aliphatic rings. The molecule has 1 N–H and O–H groups in total. The van der Waals surface area contributed by atoms with Gasteiger partial charge in [-0.1, -0.05) is 19.1 Å². The number of benzene rings is 1. The number of hydrogen-bond donors (Lipinski definition) is 1. The van der Waals surface area contributed by atoms with Crippen LogP contribution in [0.1, 0.15) is 25.3 Å². The van der Waals surface area contributed by atoms with Gasteiger partial charge in [-0.15, -0.1) is 0 Å². The number of piperidine rings is 1. The number of nitrogens with one attached hydrogen (secondary N) is 1. The minimum Gasteiger partial charge on any atom is -0.317 e. The van der Waals surface area contributed by atoms with Gasteiger partial charge in [0.1, 0.15) is 0 Å². The topological polar surface area (TPSA) is 58.4 Å². The molecule has 0 unspecified atom stereocenters. The van der Waals surface area contributed by atoms with Crippen LogP contribution in [0.25, 0.3) is 0 Å². The first-order valence-corrected chi connectivity index (χ1v) is 7.35. The van der Waals surface area contributed by atoms with Crippen LogP contribution in [-0.2, 0) is 6.54 Å². The van der Waals surface area contributed by atoms with Crippen molar-refractivity contribution in [2.45, 2.75) is 26.3 Å². The van der Waals surface area contributed by atoms with Crippen LogP contribution in [0.2, 0.25) is 0 Å². The lowest BCUT2D eigenvalue weighted by molar-refractivity contribution is -0.384. The molecule has 0 aliphatic carbocycles. The van der Waals surface area contributed by atoms with Crippen LogP contribution in [0.15, 0.2) is 24.3 Å². The Labute approximate surface area is 120 Å². The fraction of sp³-hybridized carbons (Fsp3) is 0.600. The monoisotopic (exact) mass is 277 g/mol. The Morgan fingerprint density at radius 1 is 1.40 bits per heavy atom. The maximum Gasteiger partial charge on any atom is 0.269 e. The molecule has 1 aromatic rings. The summed E-state index contributed by atoms with van der Waals surface area (Å²) in [6, 6.07) is 6.97. The number of nitrogens with zero attached hydrogens (tertiary/aromatic N) is 2. The van der Waals surface area contributed by atoms with E-state index in [2.05, 4.69) is 17.1 Å². The minimum absolute atomic E-state index is 0.181. The average Bonchev–Trinajstić information content (AvgIpc) is 2.48. The molecule has 0 spiro atoms. The van der Waals surface area contributed by atoms with Gasteiger partial charge in [0.15, 0.2) is 0 Å². The van der Waals surface area contributed by atoms with E-state index in [1.54, 1.807) is 18.2 Å². The minimum atomic E-state index is -0.327. The van der Waals surface area contributed by atoms with Gasteiger partial charge in [-0.05, 0) is 44.0 Å². The van der Waals surface area contributed by atoms with Crippen molar-refractivity contribution in [2.75, 3.05) is 26.2 Å². The molecule has 2 rings (SSSR count). The van der Waals surface area contributed by atoms with Gasteiger partial charge in [0, 0.05) is 25.2 Å². The van der Waals surface area contributed by atoms with E-state index >= 15 is 0 Å². The third kappa shape index (κ3) is 4.28. The first-order chi connectivity index (χ1) is 9.69. The maximum absolute atomic E-state index is 10.8. The number of rotatable bonds is 6. The molecule has 5 heteroatoms. The van der Waals surface area contributed by atoms with Gasteiger partial charge in [0.2, 0.25) is 0 Å². The first kappa shape index (κ1) is 14.9. The van der Waals surface area contributed by atoms with Crippen LogP contribution in [0.4, 0.5) is 5.69 Å². The summed E-state index contributed by atoms with van der Waals surface area (Å²) < 4.78 is 0. The molecule has 1 saturated heterocycles. The van der Waals surface area contributed by atoms with Crippen LogP contribution in [0.3, 0.4) is 0 Å². The zero-order chi connectivity index (χ0) is 14.4. The highest BCUT2D eigenvalue weighted by atomic mass is 16.6. The molecular weight excluding hydrogens is 254 g/mol. The quantitative estimate of drug-likeness (QED) is 0.641. The molecule has 1 aromatic carbocycles. The van der Waals surface area contributed by atoms with E-state index in [0.717, 1.165) is 44.2 Å². The van der Waals surface area contributed by atoms with Gasteiger partial charge >= 0.3 is 0 Å². The van der Waals surface area contributed by atoms with Crippen molar-refractivity contribution in [3.63, 3.8) is 0 Å². The van der Waals surface area contributed by atoms with Crippen LogP contribution >= 0.6 is 0 Å². The molecule has 0 atom stereocenters. The van der Waals surface area contributed by atoms with Gasteiger partial charge in [0.05, 0.1) is 4.92 Å². The molecule has 110 valence electrons. The highest BCUT2D eigenvalue weighted by Crippen LogP contribution is 2.18. The number of non-ortho nitro benzene ring substituents is 1. The smallest absolute Gasteiger partial charge is 0.269 e. The third-order valence-electron chi connectivity index (χ3n) is 3.95. The zero-order valence-electron chi connectivity index (χ0n) is 12.0. The molecule has 20 heavy (non-hydrogen) atoms. The molecule has 1 aliphatic heterocycles.